The fourth-order valence-corrected chi connectivity index (χ4v) is 6.05. The summed E-state index contributed by atoms with van der Waals surface area (Å²) in [4.78, 5) is 15.1. The van der Waals surface area contributed by atoms with E-state index in [1.165, 1.54) is 18.6 Å². The standard InChI is InChI=1S/C18H24N2O2S2/c21-14-5-6-17-16(11-14)13(12-20-17)7-9-19-18(22)4-2-1-3-15-8-10-23-24-15/h5-6,11-12,15,20-21H,1-4,7-10H2,(H,19,22). The summed E-state index contributed by atoms with van der Waals surface area (Å²) in [5, 5.41) is 14.4. The summed E-state index contributed by atoms with van der Waals surface area (Å²) in [5.41, 5.74) is 2.13. The van der Waals surface area contributed by atoms with Crippen molar-refractivity contribution in [1.82, 2.24) is 10.3 Å². The van der Waals surface area contributed by atoms with E-state index in [0.29, 0.717) is 13.0 Å². The van der Waals surface area contributed by atoms with Gasteiger partial charge in [-0.3, -0.25) is 4.79 Å². The average Bonchev–Trinajstić information content (AvgIpc) is 3.22. The predicted octanol–water partition coefficient (Wildman–Crippen LogP) is 4.25. The van der Waals surface area contributed by atoms with Crippen molar-refractivity contribution in [3.8, 4) is 5.75 Å². The number of aromatic amines is 1. The lowest BCUT2D eigenvalue weighted by Crippen LogP contribution is -2.25. The molecule has 0 bridgehead atoms. The Bertz CT molecular complexity index is 681. The molecule has 1 aliphatic heterocycles. The van der Waals surface area contributed by atoms with E-state index in [1.807, 2.05) is 33.9 Å². The number of H-pyrrole nitrogens is 1. The van der Waals surface area contributed by atoms with Gasteiger partial charge in [0, 0.05) is 41.1 Å². The molecule has 0 aliphatic carbocycles. The Balaban J connectivity index is 1.34. The first kappa shape index (κ1) is 17.5. The molecule has 24 heavy (non-hydrogen) atoms. The lowest BCUT2D eigenvalue weighted by molar-refractivity contribution is -0.121. The molecular formula is C18H24N2O2S2. The molecule has 1 saturated heterocycles. The zero-order valence-electron chi connectivity index (χ0n) is 13.7. The third-order valence-electron chi connectivity index (χ3n) is 4.37. The van der Waals surface area contributed by atoms with Crippen molar-refractivity contribution in [3.63, 3.8) is 0 Å². The minimum Gasteiger partial charge on any atom is -0.508 e. The minimum absolute atomic E-state index is 0.145. The van der Waals surface area contributed by atoms with Crippen molar-refractivity contribution >= 4 is 38.4 Å². The molecule has 6 heteroatoms. The maximum atomic E-state index is 11.9. The highest BCUT2D eigenvalue weighted by Crippen LogP contribution is 2.39. The van der Waals surface area contributed by atoms with E-state index in [2.05, 4.69) is 10.3 Å². The molecule has 0 spiro atoms. The van der Waals surface area contributed by atoms with Crippen molar-refractivity contribution in [3.05, 3.63) is 30.0 Å². The molecule has 1 atom stereocenters. The number of hydrogen-bond acceptors (Lipinski definition) is 4. The Morgan fingerprint density at radius 2 is 2.29 bits per heavy atom. The molecule has 1 aliphatic rings. The van der Waals surface area contributed by atoms with Crippen molar-refractivity contribution < 1.29 is 9.90 Å². The maximum absolute atomic E-state index is 11.9. The number of rotatable bonds is 8. The van der Waals surface area contributed by atoms with Gasteiger partial charge in [-0.15, -0.1) is 0 Å². The summed E-state index contributed by atoms with van der Waals surface area (Å²) >= 11 is 0. The Morgan fingerprint density at radius 1 is 1.38 bits per heavy atom. The summed E-state index contributed by atoms with van der Waals surface area (Å²) < 4.78 is 0. The molecule has 1 amide bonds. The minimum atomic E-state index is 0.145. The largest absolute Gasteiger partial charge is 0.508 e. The van der Waals surface area contributed by atoms with Crippen molar-refractivity contribution in [1.29, 1.82) is 0 Å². The fraction of sp³-hybridized carbons (Fsp3) is 0.500. The van der Waals surface area contributed by atoms with Crippen LogP contribution < -0.4 is 5.32 Å². The number of phenolic OH excluding ortho intramolecular Hbond substituents is 1. The van der Waals surface area contributed by atoms with E-state index >= 15 is 0 Å². The van der Waals surface area contributed by atoms with Gasteiger partial charge in [0.05, 0.1) is 0 Å². The highest BCUT2D eigenvalue weighted by atomic mass is 33.1. The fourth-order valence-electron chi connectivity index (χ4n) is 3.02. The second-order valence-electron chi connectivity index (χ2n) is 6.22. The van der Waals surface area contributed by atoms with Crippen molar-refractivity contribution in [2.45, 2.75) is 43.8 Å². The summed E-state index contributed by atoms with van der Waals surface area (Å²) in [6.07, 6.45) is 8.03. The van der Waals surface area contributed by atoms with Crippen molar-refractivity contribution in [2.24, 2.45) is 0 Å². The molecule has 1 unspecified atom stereocenters. The summed E-state index contributed by atoms with van der Waals surface area (Å²) in [6.45, 7) is 0.635. The summed E-state index contributed by atoms with van der Waals surface area (Å²) in [6, 6.07) is 5.31. The SMILES string of the molecule is O=C(CCCCC1CCSS1)NCCc1c[nH]c2ccc(O)cc12. The Kier molecular flexibility index (Phi) is 6.37. The Hall–Kier alpha value is -1.27. The Labute approximate surface area is 150 Å². The van der Waals surface area contributed by atoms with Crippen LogP contribution in [-0.4, -0.2) is 33.5 Å². The molecule has 3 rings (SSSR count). The van der Waals surface area contributed by atoms with Crippen molar-refractivity contribution in [2.75, 3.05) is 12.3 Å². The third-order valence-corrected chi connectivity index (χ3v) is 7.38. The second-order valence-corrected chi connectivity index (χ2v) is 9.01. The van der Waals surface area contributed by atoms with E-state index in [1.54, 1.807) is 12.1 Å². The highest BCUT2D eigenvalue weighted by molar-refractivity contribution is 8.77. The number of benzene rings is 1. The molecule has 1 aromatic carbocycles. The zero-order valence-corrected chi connectivity index (χ0v) is 15.3. The van der Waals surface area contributed by atoms with Gasteiger partial charge in [-0.05, 0) is 49.4 Å². The number of aromatic hydroxyl groups is 1. The van der Waals surface area contributed by atoms with Gasteiger partial charge >= 0.3 is 0 Å². The van der Waals surface area contributed by atoms with E-state index in [9.17, 15) is 9.90 Å². The second kappa shape index (κ2) is 8.72. The first-order valence-electron chi connectivity index (χ1n) is 8.56. The van der Waals surface area contributed by atoms with Gasteiger partial charge in [-0.1, -0.05) is 28.0 Å². The lowest BCUT2D eigenvalue weighted by Gasteiger charge is -2.07. The first-order valence-corrected chi connectivity index (χ1v) is 10.9. The third kappa shape index (κ3) is 4.86. The van der Waals surface area contributed by atoms with Crippen LogP contribution in [0.4, 0.5) is 0 Å². The van der Waals surface area contributed by atoms with Gasteiger partial charge in [0.25, 0.3) is 0 Å². The van der Waals surface area contributed by atoms with E-state index < -0.39 is 0 Å². The van der Waals surface area contributed by atoms with Gasteiger partial charge in [0.1, 0.15) is 5.75 Å². The van der Waals surface area contributed by atoms with E-state index in [4.69, 9.17) is 0 Å². The van der Waals surface area contributed by atoms with Crippen LogP contribution in [0, 0.1) is 0 Å². The normalized spacial score (nSPS) is 17.4. The van der Waals surface area contributed by atoms with Gasteiger partial charge in [0.15, 0.2) is 0 Å². The molecule has 1 fully saturated rings. The number of amides is 1. The molecule has 2 aromatic rings. The number of aromatic nitrogens is 1. The van der Waals surface area contributed by atoms with Crippen LogP contribution in [-0.2, 0) is 11.2 Å². The lowest BCUT2D eigenvalue weighted by atomic mass is 10.1. The zero-order chi connectivity index (χ0) is 16.8. The van der Waals surface area contributed by atoms with Crippen LogP contribution in [0.3, 0.4) is 0 Å². The maximum Gasteiger partial charge on any atom is 0.220 e. The summed E-state index contributed by atoms with van der Waals surface area (Å²) in [7, 11) is 3.99. The average molecular weight is 365 g/mol. The first-order chi connectivity index (χ1) is 11.7. The number of hydrogen-bond donors (Lipinski definition) is 3. The molecule has 4 nitrogen and oxygen atoms in total. The number of nitrogens with one attached hydrogen (secondary N) is 2. The van der Waals surface area contributed by atoms with Crippen LogP contribution >= 0.6 is 21.6 Å². The van der Waals surface area contributed by atoms with Gasteiger partial charge in [0.2, 0.25) is 5.91 Å². The smallest absolute Gasteiger partial charge is 0.220 e. The van der Waals surface area contributed by atoms with Crippen LogP contribution in [0.15, 0.2) is 24.4 Å². The highest BCUT2D eigenvalue weighted by Gasteiger charge is 2.15. The number of carbonyl (C=O) groups is 1. The molecule has 0 radical (unpaired) electrons. The van der Waals surface area contributed by atoms with Gasteiger partial charge in [-0.25, -0.2) is 0 Å². The molecule has 3 N–H and O–H groups in total. The Morgan fingerprint density at radius 3 is 3.12 bits per heavy atom. The number of phenols is 1. The van der Waals surface area contributed by atoms with E-state index in [0.717, 1.165) is 41.0 Å². The van der Waals surface area contributed by atoms with Crippen LogP contribution in [0.2, 0.25) is 0 Å². The molecule has 2 heterocycles. The van der Waals surface area contributed by atoms with Crippen LogP contribution in [0.5, 0.6) is 5.75 Å². The number of carbonyl (C=O) groups excluding carboxylic acids is 1. The van der Waals surface area contributed by atoms with Crippen LogP contribution in [0.1, 0.15) is 37.7 Å². The number of unbranched alkanes of at least 4 members (excludes halogenated alkanes) is 1. The summed E-state index contributed by atoms with van der Waals surface area (Å²) in [5.74, 6) is 1.69. The predicted molar refractivity (Wildman–Crippen MR) is 104 cm³/mol. The van der Waals surface area contributed by atoms with Gasteiger partial charge in [-0.2, -0.15) is 0 Å². The molecule has 130 valence electrons. The van der Waals surface area contributed by atoms with Gasteiger partial charge < -0.3 is 15.4 Å². The quantitative estimate of drug-likeness (QED) is 0.484. The van der Waals surface area contributed by atoms with E-state index in [-0.39, 0.29) is 11.7 Å². The molecule has 0 saturated carbocycles. The monoisotopic (exact) mass is 364 g/mol. The topological polar surface area (TPSA) is 65.1 Å². The molecule has 1 aromatic heterocycles. The van der Waals surface area contributed by atoms with Crippen LogP contribution in [0.25, 0.3) is 10.9 Å². The number of fused-ring (bicyclic) bond motifs is 1. The molecular weight excluding hydrogens is 340 g/mol.